The van der Waals surface area contributed by atoms with Crippen molar-refractivity contribution in [1.82, 2.24) is 4.98 Å². The Morgan fingerprint density at radius 1 is 1.53 bits per heavy atom. The Morgan fingerprint density at radius 3 is 3.06 bits per heavy atom. The van der Waals surface area contributed by atoms with Gasteiger partial charge in [0.25, 0.3) is 0 Å². The van der Waals surface area contributed by atoms with Gasteiger partial charge in [-0.25, -0.2) is 4.79 Å². The minimum Gasteiger partial charge on any atom is -0.467 e. The highest BCUT2D eigenvalue weighted by Gasteiger charge is 2.30. The van der Waals surface area contributed by atoms with Gasteiger partial charge in [-0.05, 0) is 37.8 Å². The zero-order valence-corrected chi connectivity index (χ0v) is 10.3. The van der Waals surface area contributed by atoms with E-state index in [1.54, 1.807) is 6.20 Å². The largest absolute Gasteiger partial charge is 0.467 e. The first-order valence-corrected chi connectivity index (χ1v) is 5.99. The average Bonchev–Trinajstić information content (AvgIpc) is 2.38. The van der Waals surface area contributed by atoms with E-state index in [1.807, 2.05) is 19.2 Å². The molecule has 92 valence electrons. The summed E-state index contributed by atoms with van der Waals surface area (Å²) in [4.78, 5) is 18.0. The minimum atomic E-state index is -0.144. The van der Waals surface area contributed by atoms with Crippen molar-refractivity contribution in [3.05, 3.63) is 24.0 Å². The lowest BCUT2D eigenvalue weighted by Gasteiger charge is -2.36. The molecule has 0 N–H and O–H groups in total. The molecule has 1 aliphatic heterocycles. The van der Waals surface area contributed by atoms with Crippen LogP contribution >= 0.6 is 0 Å². The molecule has 0 radical (unpaired) electrons. The van der Waals surface area contributed by atoms with Crippen LogP contribution in [-0.4, -0.2) is 30.6 Å². The maximum absolute atomic E-state index is 11.8. The summed E-state index contributed by atoms with van der Waals surface area (Å²) in [7, 11) is 1.45. The maximum atomic E-state index is 11.8. The van der Waals surface area contributed by atoms with Gasteiger partial charge < -0.3 is 9.64 Å². The van der Waals surface area contributed by atoms with Gasteiger partial charge in [0.15, 0.2) is 0 Å². The Morgan fingerprint density at radius 2 is 2.35 bits per heavy atom. The fraction of sp³-hybridized carbons (Fsp3) is 0.538. The third kappa shape index (κ3) is 2.40. The van der Waals surface area contributed by atoms with Crippen LogP contribution in [-0.2, 0) is 9.53 Å². The Labute approximate surface area is 102 Å². The van der Waals surface area contributed by atoms with Crippen LogP contribution in [0.3, 0.4) is 0 Å². The number of aryl methyl sites for hydroxylation is 1. The Hall–Kier alpha value is -1.58. The molecule has 0 amide bonds. The highest BCUT2D eigenvalue weighted by molar-refractivity contribution is 5.80. The number of nitrogens with zero attached hydrogens (tertiary/aromatic N) is 2. The highest BCUT2D eigenvalue weighted by atomic mass is 16.5. The molecule has 1 aromatic rings. The molecule has 0 aliphatic carbocycles. The van der Waals surface area contributed by atoms with Crippen LogP contribution in [0.5, 0.6) is 0 Å². The number of hydrogen-bond acceptors (Lipinski definition) is 4. The molecule has 2 heterocycles. The van der Waals surface area contributed by atoms with Crippen molar-refractivity contribution >= 4 is 11.7 Å². The zero-order valence-electron chi connectivity index (χ0n) is 10.3. The molecule has 0 saturated carbocycles. The first-order chi connectivity index (χ1) is 8.24. The lowest BCUT2D eigenvalue weighted by molar-refractivity contribution is -0.142. The second kappa shape index (κ2) is 5.17. The number of pyridine rings is 1. The van der Waals surface area contributed by atoms with Crippen molar-refractivity contribution < 1.29 is 9.53 Å². The van der Waals surface area contributed by atoms with Gasteiger partial charge in [-0.1, -0.05) is 0 Å². The molecule has 4 heteroatoms. The van der Waals surface area contributed by atoms with Crippen LogP contribution in [0.2, 0.25) is 0 Å². The number of aromatic nitrogens is 1. The van der Waals surface area contributed by atoms with E-state index in [2.05, 4.69) is 9.88 Å². The number of ether oxygens (including phenoxy) is 1. The summed E-state index contributed by atoms with van der Waals surface area (Å²) in [5, 5.41) is 0. The summed E-state index contributed by atoms with van der Waals surface area (Å²) in [6.45, 7) is 2.93. The molecule has 1 saturated heterocycles. The van der Waals surface area contributed by atoms with E-state index in [4.69, 9.17) is 4.74 Å². The van der Waals surface area contributed by atoms with E-state index in [9.17, 15) is 4.79 Å². The Bertz CT molecular complexity index is 406. The maximum Gasteiger partial charge on any atom is 0.328 e. The van der Waals surface area contributed by atoms with Crippen molar-refractivity contribution in [1.29, 1.82) is 0 Å². The van der Waals surface area contributed by atoms with Gasteiger partial charge in [0.2, 0.25) is 0 Å². The third-order valence-electron chi connectivity index (χ3n) is 3.28. The Balaban J connectivity index is 2.28. The van der Waals surface area contributed by atoms with Crippen molar-refractivity contribution in [3.8, 4) is 0 Å². The van der Waals surface area contributed by atoms with Gasteiger partial charge in [-0.15, -0.1) is 0 Å². The number of hydrogen-bond donors (Lipinski definition) is 0. The van der Waals surface area contributed by atoms with E-state index in [0.29, 0.717) is 0 Å². The standard InChI is InChI=1S/C13H18N2O2/c1-10-9-14-7-6-11(10)15-8-4-3-5-12(15)13(16)17-2/h6-7,9,12H,3-5,8H2,1-2H3. The van der Waals surface area contributed by atoms with Gasteiger partial charge in [0.1, 0.15) is 6.04 Å². The number of methoxy groups -OCH3 is 1. The van der Waals surface area contributed by atoms with Gasteiger partial charge in [-0.3, -0.25) is 4.98 Å². The summed E-state index contributed by atoms with van der Waals surface area (Å²) >= 11 is 0. The van der Waals surface area contributed by atoms with E-state index in [-0.39, 0.29) is 12.0 Å². The molecular formula is C13H18N2O2. The Kier molecular flexibility index (Phi) is 3.61. The minimum absolute atomic E-state index is 0.138. The first-order valence-electron chi connectivity index (χ1n) is 5.99. The van der Waals surface area contributed by atoms with Gasteiger partial charge in [0.05, 0.1) is 7.11 Å². The smallest absolute Gasteiger partial charge is 0.328 e. The molecule has 1 unspecified atom stereocenters. The summed E-state index contributed by atoms with van der Waals surface area (Å²) in [5.74, 6) is -0.138. The number of esters is 1. The first kappa shape index (κ1) is 11.9. The average molecular weight is 234 g/mol. The number of rotatable bonds is 2. The van der Waals surface area contributed by atoms with E-state index < -0.39 is 0 Å². The molecule has 1 atom stereocenters. The number of piperidine rings is 1. The van der Waals surface area contributed by atoms with E-state index in [0.717, 1.165) is 37.1 Å². The van der Waals surface area contributed by atoms with Crippen LogP contribution in [0, 0.1) is 6.92 Å². The summed E-state index contributed by atoms with van der Waals surface area (Å²) < 4.78 is 4.89. The quantitative estimate of drug-likeness (QED) is 0.733. The van der Waals surface area contributed by atoms with Gasteiger partial charge in [-0.2, -0.15) is 0 Å². The highest BCUT2D eigenvalue weighted by Crippen LogP contribution is 2.27. The predicted molar refractivity (Wildman–Crippen MR) is 66.0 cm³/mol. The zero-order chi connectivity index (χ0) is 12.3. The van der Waals surface area contributed by atoms with Gasteiger partial charge in [0, 0.05) is 24.6 Å². The molecule has 1 aliphatic rings. The monoisotopic (exact) mass is 234 g/mol. The van der Waals surface area contributed by atoms with Crippen molar-refractivity contribution in [2.45, 2.75) is 32.2 Å². The topological polar surface area (TPSA) is 42.4 Å². The summed E-state index contributed by atoms with van der Waals surface area (Å²) in [5.41, 5.74) is 2.19. The summed E-state index contributed by atoms with van der Waals surface area (Å²) in [6.07, 6.45) is 6.67. The summed E-state index contributed by atoms with van der Waals surface area (Å²) in [6, 6.07) is 1.83. The molecular weight excluding hydrogens is 216 g/mol. The SMILES string of the molecule is COC(=O)C1CCCCN1c1ccncc1C. The fourth-order valence-corrected chi connectivity index (χ4v) is 2.39. The number of carbonyl (C=O) groups is 1. The lowest BCUT2D eigenvalue weighted by Crippen LogP contribution is -2.45. The molecule has 17 heavy (non-hydrogen) atoms. The van der Waals surface area contributed by atoms with Crippen molar-refractivity contribution in [2.24, 2.45) is 0 Å². The van der Waals surface area contributed by atoms with E-state index in [1.165, 1.54) is 7.11 Å². The molecule has 0 spiro atoms. The lowest BCUT2D eigenvalue weighted by atomic mass is 10.0. The van der Waals surface area contributed by atoms with Gasteiger partial charge >= 0.3 is 5.97 Å². The predicted octanol–water partition coefficient (Wildman–Crippen LogP) is 1.92. The number of anilines is 1. The molecule has 1 aromatic heterocycles. The molecule has 0 aromatic carbocycles. The molecule has 4 nitrogen and oxygen atoms in total. The second-order valence-electron chi connectivity index (χ2n) is 4.39. The van der Waals surface area contributed by atoms with Crippen LogP contribution in [0.15, 0.2) is 18.5 Å². The fourth-order valence-electron chi connectivity index (χ4n) is 2.39. The molecule has 1 fully saturated rings. The van der Waals surface area contributed by atoms with Crippen LogP contribution in [0.25, 0.3) is 0 Å². The second-order valence-corrected chi connectivity index (χ2v) is 4.39. The third-order valence-corrected chi connectivity index (χ3v) is 3.28. The van der Waals surface area contributed by atoms with Crippen molar-refractivity contribution in [3.63, 3.8) is 0 Å². The molecule has 2 rings (SSSR count). The van der Waals surface area contributed by atoms with E-state index >= 15 is 0 Å². The number of carbonyl (C=O) groups excluding carboxylic acids is 1. The van der Waals surface area contributed by atoms with Crippen LogP contribution in [0.1, 0.15) is 24.8 Å². The van der Waals surface area contributed by atoms with Crippen molar-refractivity contribution in [2.75, 3.05) is 18.6 Å². The molecule has 0 bridgehead atoms. The van der Waals surface area contributed by atoms with Crippen LogP contribution in [0.4, 0.5) is 5.69 Å². The van der Waals surface area contributed by atoms with Crippen LogP contribution < -0.4 is 4.90 Å². The normalized spacial score (nSPS) is 20.1.